The Balaban J connectivity index is 2.91. The number of pyridine rings is 1. The molecule has 0 N–H and O–H groups in total. The summed E-state index contributed by atoms with van der Waals surface area (Å²) in [5.41, 5.74) is 1.17. The molecule has 0 saturated carbocycles. The van der Waals surface area contributed by atoms with Crippen LogP contribution >= 0.6 is 15.9 Å². The molecule has 0 aliphatic carbocycles. The summed E-state index contributed by atoms with van der Waals surface area (Å²) >= 11 is 3.48. The van der Waals surface area contributed by atoms with Gasteiger partial charge in [0.1, 0.15) is 5.82 Å². The summed E-state index contributed by atoms with van der Waals surface area (Å²) in [6.07, 6.45) is 2.34. The van der Waals surface area contributed by atoms with Gasteiger partial charge in [0, 0.05) is 30.2 Å². The number of hydrogen-bond donors (Lipinski definition) is 0. The lowest BCUT2D eigenvalue weighted by atomic mass is 10.2. The quantitative estimate of drug-likeness (QED) is 0.756. The third-order valence-corrected chi connectivity index (χ3v) is 2.99. The van der Waals surface area contributed by atoms with Crippen LogP contribution in [0.3, 0.4) is 0 Å². The SMILES string of the molecule is CC(C)CN(CCC#N)c1ncccc1CBr. The Morgan fingerprint density at radius 3 is 2.88 bits per heavy atom. The Kier molecular flexibility index (Phi) is 5.99. The highest BCUT2D eigenvalue weighted by Gasteiger charge is 2.12. The fourth-order valence-electron chi connectivity index (χ4n) is 1.73. The van der Waals surface area contributed by atoms with Crippen LogP contribution in [0.5, 0.6) is 0 Å². The number of halogens is 1. The van der Waals surface area contributed by atoms with E-state index in [0.29, 0.717) is 12.3 Å². The molecule has 0 aromatic carbocycles. The van der Waals surface area contributed by atoms with Gasteiger partial charge in [-0.25, -0.2) is 4.98 Å². The Bertz CT molecular complexity index is 384. The highest BCUT2D eigenvalue weighted by atomic mass is 79.9. The van der Waals surface area contributed by atoms with Crippen molar-refractivity contribution in [3.05, 3.63) is 23.9 Å². The first-order valence-corrected chi connectivity index (χ1v) is 6.93. The number of rotatable bonds is 6. The second-order valence-electron chi connectivity index (χ2n) is 4.37. The molecule has 0 aliphatic heterocycles. The third kappa shape index (κ3) is 4.35. The first kappa shape index (κ1) is 14.0. The van der Waals surface area contributed by atoms with Crippen LogP contribution in [0.25, 0.3) is 0 Å². The van der Waals surface area contributed by atoms with E-state index in [4.69, 9.17) is 5.26 Å². The van der Waals surface area contributed by atoms with Crippen molar-refractivity contribution in [1.82, 2.24) is 4.98 Å². The molecule has 3 nitrogen and oxygen atoms in total. The Hall–Kier alpha value is -1.08. The molecule has 0 fully saturated rings. The van der Waals surface area contributed by atoms with Crippen molar-refractivity contribution in [1.29, 1.82) is 5.26 Å². The lowest BCUT2D eigenvalue weighted by molar-refractivity contribution is 0.606. The van der Waals surface area contributed by atoms with Crippen LogP contribution in [0.15, 0.2) is 18.3 Å². The van der Waals surface area contributed by atoms with Crippen molar-refractivity contribution in [2.45, 2.75) is 25.6 Å². The first-order chi connectivity index (χ1) is 8.19. The summed E-state index contributed by atoms with van der Waals surface area (Å²) in [7, 11) is 0. The van der Waals surface area contributed by atoms with Crippen LogP contribution in [0.1, 0.15) is 25.8 Å². The molecule has 0 bridgehead atoms. The van der Waals surface area contributed by atoms with E-state index in [1.54, 1.807) is 6.20 Å². The number of nitriles is 1. The molecule has 4 heteroatoms. The highest BCUT2D eigenvalue weighted by molar-refractivity contribution is 9.08. The second kappa shape index (κ2) is 7.29. The number of hydrogen-bond acceptors (Lipinski definition) is 3. The number of alkyl halides is 1. The predicted molar refractivity (Wildman–Crippen MR) is 74.1 cm³/mol. The number of anilines is 1. The minimum Gasteiger partial charge on any atom is -0.355 e. The molecule has 1 heterocycles. The topological polar surface area (TPSA) is 39.9 Å². The summed E-state index contributed by atoms with van der Waals surface area (Å²) in [6.45, 7) is 6.02. The standard InChI is InChI=1S/C13H18BrN3/c1-11(2)10-17(8-4-6-15)13-12(9-14)5-3-7-16-13/h3,5,7,11H,4,8-10H2,1-2H3. The maximum atomic E-state index is 8.72. The lowest BCUT2D eigenvalue weighted by Crippen LogP contribution is -2.30. The number of aromatic nitrogens is 1. The summed E-state index contributed by atoms with van der Waals surface area (Å²) in [5.74, 6) is 1.55. The Morgan fingerprint density at radius 1 is 1.53 bits per heavy atom. The second-order valence-corrected chi connectivity index (χ2v) is 4.93. The van der Waals surface area contributed by atoms with Gasteiger partial charge in [-0.05, 0) is 12.0 Å². The van der Waals surface area contributed by atoms with Crippen LogP contribution in [0.4, 0.5) is 5.82 Å². The van der Waals surface area contributed by atoms with Crippen LogP contribution in [-0.2, 0) is 5.33 Å². The minimum absolute atomic E-state index is 0.533. The molecule has 0 unspecified atom stereocenters. The normalized spacial score (nSPS) is 10.3. The van der Waals surface area contributed by atoms with Crippen molar-refractivity contribution in [2.75, 3.05) is 18.0 Å². The molecule has 1 rings (SSSR count). The van der Waals surface area contributed by atoms with Crippen LogP contribution in [0.2, 0.25) is 0 Å². The van der Waals surface area contributed by atoms with Crippen LogP contribution in [0, 0.1) is 17.2 Å². The van der Waals surface area contributed by atoms with Gasteiger partial charge in [0.2, 0.25) is 0 Å². The van der Waals surface area contributed by atoms with E-state index in [1.165, 1.54) is 5.56 Å². The first-order valence-electron chi connectivity index (χ1n) is 5.80. The van der Waals surface area contributed by atoms with E-state index >= 15 is 0 Å². The van der Waals surface area contributed by atoms with E-state index in [1.807, 2.05) is 6.07 Å². The van der Waals surface area contributed by atoms with E-state index in [9.17, 15) is 0 Å². The monoisotopic (exact) mass is 295 g/mol. The zero-order valence-electron chi connectivity index (χ0n) is 10.4. The fourth-order valence-corrected chi connectivity index (χ4v) is 2.17. The van der Waals surface area contributed by atoms with E-state index in [-0.39, 0.29) is 0 Å². The lowest BCUT2D eigenvalue weighted by Gasteiger charge is -2.26. The molecular weight excluding hydrogens is 278 g/mol. The van der Waals surface area contributed by atoms with Crippen molar-refractivity contribution in [3.8, 4) is 6.07 Å². The zero-order chi connectivity index (χ0) is 12.7. The van der Waals surface area contributed by atoms with Gasteiger partial charge in [0.15, 0.2) is 0 Å². The van der Waals surface area contributed by atoms with Crippen molar-refractivity contribution in [3.63, 3.8) is 0 Å². The Labute approximate surface area is 112 Å². The van der Waals surface area contributed by atoms with Gasteiger partial charge in [-0.2, -0.15) is 5.26 Å². The van der Waals surface area contributed by atoms with Gasteiger partial charge in [-0.1, -0.05) is 35.8 Å². The molecule has 0 amide bonds. The van der Waals surface area contributed by atoms with Gasteiger partial charge in [-0.3, -0.25) is 0 Å². The maximum Gasteiger partial charge on any atom is 0.132 e. The van der Waals surface area contributed by atoms with Crippen molar-refractivity contribution < 1.29 is 0 Å². The summed E-state index contributed by atoms with van der Waals surface area (Å²) < 4.78 is 0. The molecule has 0 radical (unpaired) electrons. The third-order valence-electron chi connectivity index (χ3n) is 2.39. The largest absolute Gasteiger partial charge is 0.355 e. The van der Waals surface area contributed by atoms with Gasteiger partial charge in [-0.15, -0.1) is 0 Å². The van der Waals surface area contributed by atoms with E-state index < -0.39 is 0 Å². The molecule has 1 aromatic heterocycles. The molecule has 92 valence electrons. The molecular formula is C13H18BrN3. The average molecular weight is 296 g/mol. The van der Waals surface area contributed by atoms with E-state index in [0.717, 1.165) is 24.2 Å². The van der Waals surface area contributed by atoms with Crippen LogP contribution < -0.4 is 4.90 Å². The van der Waals surface area contributed by atoms with E-state index in [2.05, 4.69) is 51.8 Å². The zero-order valence-corrected chi connectivity index (χ0v) is 11.9. The molecule has 17 heavy (non-hydrogen) atoms. The summed E-state index contributed by atoms with van der Waals surface area (Å²) in [5, 5.41) is 9.51. The van der Waals surface area contributed by atoms with Crippen molar-refractivity contribution >= 4 is 21.7 Å². The van der Waals surface area contributed by atoms with Gasteiger partial charge in [0.05, 0.1) is 12.5 Å². The molecule has 0 atom stereocenters. The van der Waals surface area contributed by atoms with Gasteiger partial charge >= 0.3 is 0 Å². The highest BCUT2D eigenvalue weighted by Crippen LogP contribution is 2.21. The number of nitrogens with zero attached hydrogens (tertiary/aromatic N) is 3. The maximum absolute atomic E-state index is 8.72. The molecule has 0 spiro atoms. The van der Waals surface area contributed by atoms with Gasteiger partial charge < -0.3 is 4.90 Å². The fraction of sp³-hybridized carbons (Fsp3) is 0.538. The molecule has 1 aromatic rings. The van der Waals surface area contributed by atoms with Crippen LogP contribution in [-0.4, -0.2) is 18.1 Å². The Morgan fingerprint density at radius 2 is 2.29 bits per heavy atom. The van der Waals surface area contributed by atoms with Gasteiger partial charge in [0.25, 0.3) is 0 Å². The average Bonchev–Trinajstić information content (AvgIpc) is 2.34. The summed E-state index contributed by atoms with van der Waals surface area (Å²) in [4.78, 5) is 6.64. The summed E-state index contributed by atoms with van der Waals surface area (Å²) in [6, 6.07) is 6.21. The molecule has 0 aliphatic rings. The van der Waals surface area contributed by atoms with Crippen molar-refractivity contribution in [2.24, 2.45) is 5.92 Å². The smallest absolute Gasteiger partial charge is 0.132 e. The minimum atomic E-state index is 0.533. The molecule has 0 saturated heterocycles. The predicted octanol–water partition coefficient (Wildman–Crippen LogP) is 3.35.